The minimum absolute atomic E-state index is 0.194. The van der Waals surface area contributed by atoms with Crippen LogP contribution in [0.4, 0.5) is 11.4 Å². The fraction of sp³-hybridized carbons (Fsp3) is 0.333. The van der Waals surface area contributed by atoms with E-state index in [-0.39, 0.29) is 17.9 Å². The number of rotatable bonds is 15. The summed E-state index contributed by atoms with van der Waals surface area (Å²) in [5.74, 6) is -0.949. The molecule has 0 spiro atoms. The number of nitro benzene ring substituents is 2. The molecule has 3 rings (SSSR count). The quantitative estimate of drug-likeness (QED) is 0.0916. The van der Waals surface area contributed by atoms with Crippen molar-refractivity contribution >= 4 is 31.5 Å². The first-order chi connectivity index (χ1) is 20.0. The Hall–Kier alpha value is -4.42. The Balaban J connectivity index is 1.90. The van der Waals surface area contributed by atoms with Crippen LogP contribution in [0.2, 0.25) is 19.1 Å². The molecule has 3 aromatic carbocycles. The average Bonchev–Trinajstić information content (AvgIpc) is 2.97. The zero-order valence-corrected chi connectivity index (χ0v) is 24.9. The van der Waals surface area contributed by atoms with Gasteiger partial charge in [-0.15, -0.1) is 0 Å². The number of non-ortho nitro benzene ring substituents is 2. The lowest BCUT2D eigenvalue weighted by atomic mass is 9.92. The molecule has 11 nitrogen and oxygen atoms in total. The monoisotopic (exact) mass is 592 g/mol. The first-order valence-corrected chi connectivity index (χ1v) is 16.9. The van der Waals surface area contributed by atoms with Crippen LogP contribution in [-0.2, 0) is 9.22 Å². The summed E-state index contributed by atoms with van der Waals surface area (Å²) in [6.45, 7) is 6.97. The number of nitro groups is 2. The Morgan fingerprint density at radius 2 is 1.31 bits per heavy atom. The van der Waals surface area contributed by atoms with E-state index in [4.69, 9.17) is 4.43 Å². The van der Waals surface area contributed by atoms with E-state index in [2.05, 4.69) is 23.7 Å². The molecule has 3 aromatic rings. The standard InChI is InChI=1S/C30H36N4O7Si/c1-4-41-42(2,3)18-12-11-17-27(35)31-28(22-13-7-5-8-14-22)29(23-15-9-6-10-16-23)32-30(36)24-19-25(33(37)38)21-26(20-24)34(39)40/h5-10,13-16,19-21,28-29H,4,11-12,17-18H2,1-3H3,(H,31,35)(H,32,36)/t28-,29-/m1/s1. The Labute approximate surface area is 245 Å². The number of unbranched alkanes of at least 4 members (excludes halogenated alkanes) is 1. The largest absolute Gasteiger partial charge is 0.418 e. The van der Waals surface area contributed by atoms with Crippen LogP contribution in [0.15, 0.2) is 78.9 Å². The van der Waals surface area contributed by atoms with Crippen molar-refractivity contribution in [1.29, 1.82) is 0 Å². The molecule has 2 amide bonds. The lowest BCUT2D eigenvalue weighted by Gasteiger charge is -2.30. The molecule has 42 heavy (non-hydrogen) atoms. The maximum absolute atomic E-state index is 13.5. The van der Waals surface area contributed by atoms with Crippen molar-refractivity contribution in [2.75, 3.05) is 6.61 Å². The zero-order valence-electron chi connectivity index (χ0n) is 23.9. The molecule has 0 heterocycles. The van der Waals surface area contributed by atoms with E-state index in [1.54, 1.807) is 24.3 Å². The van der Waals surface area contributed by atoms with Gasteiger partial charge in [0.2, 0.25) is 5.91 Å². The highest BCUT2D eigenvalue weighted by Crippen LogP contribution is 2.31. The fourth-order valence-electron chi connectivity index (χ4n) is 4.75. The first kappa shape index (κ1) is 32.1. The molecule has 0 saturated carbocycles. The van der Waals surface area contributed by atoms with Crippen LogP contribution < -0.4 is 10.6 Å². The van der Waals surface area contributed by atoms with E-state index in [1.165, 1.54) is 0 Å². The lowest BCUT2D eigenvalue weighted by Crippen LogP contribution is -2.40. The Morgan fingerprint density at radius 1 is 0.810 bits per heavy atom. The molecule has 0 bridgehead atoms. The van der Waals surface area contributed by atoms with Gasteiger partial charge in [0, 0.05) is 25.2 Å². The third-order valence-corrected chi connectivity index (χ3v) is 9.44. The van der Waals surface area contributed by atoms with Gasteiger partial charge >= 0.3 is 0 Å². The van der Waals surface area contributed by atoms with Crippen LogP contribution >= 0.6 is 0 Å². The van der Waals surface area contributed by atoms with Gasteiger partial charge in [-0.3, -0.25) is 29.8 Å². The van der Waals surface area contributed by atoms with Gasteiger partial charge in [0.1, 0.15) is 0 Å². The number of benzene rings is 3. The normalized spacial score (nSPS) is 12.6. The molecule has 2 atom stereocenters. The highest BCUT2D eigenvalue weighted by atomic mass is 28.4. The Morgan fingerprint density at radius 3 is 1.79 bits per heavy atom. The minimum atomic E-state index is -1.76. The summed E-state index contributed by atoms with van der Waals surface area (Å²) >= 11 is 0. The summed E-state index contributed by atoms with van der Waals surface area (Å²) in [4.78, 5) is 47.9. The first-order valence-electron chi connectivity index (χ1n) is 13.8. The van der Waals surface area contributed by atoms with Crippen molar-refractivity contribution < 1.29 is 23.9 Å². The van der Waals surface area contributed by atoms with E-state index in [9.17, 15) is 29.8 Å². The summed E-state index contributed by atoms with van der Waals surface area (Å²) < 4.78 is 5.88. The van der Waals surface area contributed by atoms with Crippen molar-refractivity contribution in [3.05, 3.63) is 116 Å². The van der Waals surface area contributed by atoms with Crippen molar-refractivity contribution in [2.24, 2.45) is 0 Å². The molecular formula is C30H36N4O7Si. The maximum Gasteiger partial charge on any atom is 0.277 e. The number of carbonyl (C=O) groups excluding carboxylic acids is 2. The molecular weight excluding hydrogens is 556 g/mol. The highest BCUT2D eigenvalue weighted by Gasteiger charge is 2.30. The number of nitrogens with one attached hydrogen (secondary N) is 2. The molecule has 0 fully saturated rings. The van der Waals surface area contributed by atoms with Crippen molar-refractivity contribution in [3.8, 4) is 0 Å². The number of hydrogen-bond acceptors (Lipinski definition) is 7. The van der Waals surface area contributed by atoms with Crippen LogP contribution in [-0.4, -0.2) is 36.6 Å². The average molecular weight is 593 g/mol. The van der Waals surface area contributed by atoms with Gasteiger partial charge in [-0.1, -0.05) is 67.1 Å². The summed E-state index contributed by atoms with van der Waals surface area (Å²) in [5, 5.41) is 28.8. The van der Waals surface area contributed by atoms with Crippen molar-refractivity contribution in [2.45, 2.75) is 57.4 Å². The van der Waals surface area contributed by atoms with Gasteiger partial charge < -0.3 is 15.1 Å². The summed E-state index contributed by atoms with van der Waals surface area (Å²) in [6, 6.07) is 20.4. The van der Waals surface area contributed by atoms with Gasteiger partial charge in [0.05, 0.1) is 33.6 Å². The molecule has 0 aliphatic heterocycles. The summed E-state index contributed by atoms with van der Waals surface area (Å²) in [5.41, 5.74) is 0.0126. The smallest absolute Gasteiger partial charge is 0.277 e. The molecule has 0 unspecified atom stereocenters. The predicted octanol–water partition coefficient (Wildman–Crippen LogP) is 6.24. The molecule has 12 heteroatoms. The molecule has 0 aliphatic rings. The summed E-state index contributed by atoms with van der Waals surface area (Å²) in [6.07, 6.45) is 1.82. The zero-order chi connectivity index (χ0) is 30.7. The second-order valence-corrected chi connectivity index (χ2v) is 14.8. The van der Waals surface area contributed by atoms with Gasteiger partial charge in [0.15, 0.2) is 8.32 Å². The van der Waals surface area contributed by atoms with Crippen LogP contribution in [0, 0.1) is 20.2 Å². The third kappa shape index (κ3) is 9.31. The molecule has 0 saturated heterocycles. The second-order valence-electron chi connectivity index (χ2n) is 10.5. The topological polar surface area (TPSA) is 154 Å². The number of hydrogen-bond donors (Lipinski definition) is 2. The van der Waals surface area contributed by atoms with E-state index >= 15 is 0 Å². The second kappa shape index (κ2) is 15.0. The van der Waals surface area contributed by atoms with Crippen LogP contribution in [0.25, 0.3) is 0 Å². The number of carbonyl (C=O) groups is 2. The van der Waals surface area contributed by atoms with E-state index in [0.29, 0.717) is 18.6 Å². The molecule has 0 aliphatic carbocycles. The maximum atomic E-state index is 13.5. The van der Waals surface area contributed by atoms with Gasteiger partial charge in [0.25, 0.3) is 17.3 Å². The highest BCUT2D eigenvalue weighted by molar-refractivity contribution is 6.71. The lowest BCUT2D eigenvalue weighted by molar-refractivity contribution is -0.394. The van der Waals surface area contributed by atoms with Gasteiger partial charge in [-0.2, -0.15) is 0 Å². The third-order valence-electron chi connectivity index (χ3n) is 6.81. The number of nitrogens with zero attached hydrogens (tertiary/aromatic N) is 2. The van der Waals surface area contributed by atoms with Crippen molar-refractivity contribution in [1.82, 2.24) is 10.6 Å². The molecule has 222 valence electrons. The fourth-order valence-corrected chi connectivity index (χ4v) is 6.77. The summed E-state index contributed by atoms with van der Waals surface area (Å²) in [7, 11) is -1.76. The SMILES string of the molecule is CCO[Si](C)(C)CCCCC(=O)N[C@H](c1ccccc1)[C@H](NC(=O)c1cc([N+](=O)[O-])cc([N+](=O)[O-])c1)c1ccccc1. The van der Waals surface area contributed by atoms with Crippen LogP contribution in [0.3, 0.4) is 0 Å². The van der Waals surface area contributed by atoms with E-state index in [0.717, 1.165) is 36.2 Å². The molecule has 0 radical (unpaired) electrons. The predicted molar refractivity (Wildman–Crippen MR) is 161 cm³/mol. The minimum Gasteiger partial charge on any atom is -0.418 e. The van der Waals surface area contributed by atoms with Crippen LogP contribution in [0.1, 0.15) is 59.8 Å². The van der Waals surface area contributed by atoms with Crippen LogP contribution in [0.5, 0.6) is 0 Å². The van der Waals surface area contributed by atoms with Gasteiger partial charge in [-0.05, 0) is 43.6 Å². The Bertz CT molecular complexity index is 1350. The van der Waals surface area contributed by atoms with E-state index < -0.39 is 47.5 Å². The number of amides is 2. The Kier molecular flexibility index (Phi) is 11.5. The molecule has 0 aromatic heterocycles. The van der Waals surface area contributed by atoms with Gasteiger partial charge in [-0.25, -0.2) is 0 Å². The van der Waals surface area contributed by atoms with E-state index in [1.807, 2.05) is 43.3 Å². The van der Waals surface area contributed by atoms with Crippen molar-refractivity contribution in [3.63, 3.8) is 0 Å². The molecule has 2 N–H and O–H groups in total.